The fourth-order valence-electron chi connectivity index (χ4n) is 3.65. The number of carbonyl (C=O) groups excluding carboxylic acids is 1. The van der Waals surface area contributed by atoms with Gasteiger partial charge in [-0.05, 0) is 57.2 Å². The molecule has 2 aliphatic rings. The highest BCUT2D eigenvalue weighted by molar-refractivity contribution is 5.85. The van der Waals surface area contributed by atoms with Crippen LogP contribution >= 0.6 is 12.4 Å². The molecule has 1 saturated heterocycles. The van der Waals surface area contributed by atoms with Crippen molar-refractivity contribution >= 4 is 18.3 Å². The van der Waals surface area contributed by atoms with Crippen molar-refractivity contribution in [1.29, 1.82) is 0 Å². The van der Waals surface area contributed by atoms with Crippen molar-refractivity contribution in [3.63, 3.8) is 0 Å². The fraction of sp³-hybridized carbons (Fsp3) is 0.650. The zero-order valence-corrected chi connectivity index (χ0v) is 17.1. The molecule has 0 aromatic heterocycles. The zero-order valence-electron chi connectivity index (χ0n) is 16.3. The number of halogens is 1. The van der Waals surface area contributed by atoms with Crippen molar-refractivity contribution in [2.45, 2.75) is 63.8 Å². The number of benzene rings is 1. The number of carbonyl (C=O) groups is 1. The molecular formula is C20H31ClN2O4. The minimum atomic E-state index is -0.321. The van der Waals surface area contributed by atoms with E-state index in [0.717, 1.165) is 24.2 Å². The summed E-state index contributed by atoms with van der Waals surface area (Å²) in [5.74, 6) is 1.44. The summed E-state index contributed by atoms with van der Waals surface area (Å²) in [6.07, 6.45) is 4.81. The summed E-state index contributed by atoms with van der Waals surface area (Å²) in [7, 11) is 1.65. The highest BCUT2D eigenvalue weighted by Crippen LogP contribution is 2.33. The molecule has 6 nitrogen and oxygen atoms in total. The maximum atomic E-state index is 12.5. The van der Waals surface area contributed by atoms with Crippen LogP contribution in [0, 0.1) is 0 Å². The first-order valence-electron chi connectivity index (χ1n) is 9.58. The third-order valence-electron chi connectivity index (χ3n) is 5.24. The Morgan fingerprint density at radius 3 is 2.70 bits per heavy atom. The molecule has 1 aromatic carbocycles. The Bertz CT molecular complexity index is 622. The van der Waals surface area contributed by atoms with Gasteiger partial charge in [-0.1, -0.05) is 6.07 Å². The number of nitrogens with one attached hydrogen (secondary N) is 2. The van der Waals surface area contributed by atoms with E-state index in [0.29, 0.717) is 18.9 Å². The first kappa shape index (κ1) is 21.8. The summed E-state index contributed by atoms with van der Waals surface area (Å²) in [4.78, 5) is 12.5. The van der Waals surface area contributed by atoms with E-state index < -0.39 is 0 Å². The average Bonchev–Trinajstić information content (AvgIpc) is 3.15. The summed E-state index contributed by atoms with van der Waals surface area (Å²) < 4.78 is 17.2. The molecular weight excluding hydrogens is 368 g/mol. The largest absolute Gasteiger partial charge is 0.493 e. The molecule has 3 atom stereocenters. The summed E-state index contributed by atoms with van der Waals surface area (Å²) in [5, 5.41) is 6.28. The lowest BCUT2D eigenvalue weighted by atomic mass is 10.1. The van der Waals surface area contributed by atoms with Gasteiger partial charge in [-0.3, -0.25) is 4.79 Å². The van der Waals surface area contributed by atoms with Crippen molar-refractivity contribution in [1.82, 2.24) is 10.6 Å². The lowest BCUT2D eigenvalue weighted by molar-refractivity contribution is -0.129. The van der Waals surface area contributed by atoms with E-state index in [2.05, 4.69) is 10.6 Å². The van der Waals surface area contributed by atoms with Crippen LogP contribution in [0.5, 0.6) is 11.5 Å². The van der Waals surface area contributed by atoms with E-state index in [1.165, 1.54) is 12.8 Å². The van der Waals surface area contributed by atoms with Crippen molar-refractivity contribution in [3.8, 4) is 11.5 Å². The minimum Gasteiger partial charge on any atom is -0.493 e. The molecule has 1 aromatic rings. The van der Waals surface area contributed by atoms with E-state index in [-0.39, 0.29) is 42.6 Å². The van der Waals surface area contributed by atoms with Crippen molar-refractivity contribution < 1.29 is 19.0 Å². The van der Waals surface area contributed by atoms with Crippen LogP contribution in [0.3, 0.4) is 0 Å². The third-order valence-corrected chi connectivity index (χ3v) is 5.24. The van der Waals surface area contributed by atoms with Crippen LogP contribution in [0.4, 0.5) is 0 Å². The molecule has 1 aliphatic heterocycles. The van der Waals surface area contributed by atoms with Crippen LogP contribution in [0.2, 0.25) is 0 Å². The Hall–Kier alpha value is -1.50. The summed E-state index contributed by atoms with van der Waals surface area (Å²) in [5.41, 5.74) is 0.985. The van der Waals surface area contributed by atoms with Gasteiger partial charge >= 0.3 is 0 Å². The molecule has 3 rings (SSSR count). The van der Waals surface area contributed by atoms with E-state index in [1.54, 1.807) is 7.11 Å². The molecule has 0 spiro atoms. The van der Waals surface area contributed by atoms with Crippen LogP contribution in [-0.2, 0) is 9.53 Å². The second-order valence-corrected chi connectivity index (χ2v) is 7.17. The van der Waals surface area contributed by atoms with Crippen molar-refractivity contribution in [2.24, 2.45) is 0 Å². The van der Waals surface area contributed by atoms with E-state index in [4.69, 9.17) is 14.2 Å². The Labute approximate surface area is 167 Å². The lowest BCUT2D eigenvalue weighted by Gasteiger charge is -2.30. The lowest BCUT2D eigenvalue weighted by Crippen LogP contribution is -2.55. The Balaban J connectivity index is 0.00000261. The molecule has 0 radical (unpaired) electrons. The van der Waals surface area contributed by atoms with Crippen molar-refractivity contribution in [2.75, 3.05) is 20.3 Å². The smallest absolute Gasteiger partial charge is 0.240 e. The van der Waals surface area contributed by atoms with Crippen LogP contribution in [0.15, 0.2) is 18.2 Å². The highest BCUT2D eigenvalue weighted by Gasteiger charge is 2.29. The topological polar surface area (TPSA) is 68.8 Å². The molecule has 1 saturated carbocycles. The molecule has 152 valence electrons. The predicted molar refractivity (Wildman–Crippen MR) is 107 cm³/mol. The normalized spacial score (nSPS) is 24.0. The van der Waals surface area contributed by atoms with Gasteiger partial charge in [-0.2, -0.15) is 0 Å². The number of methoxy groups -OCH3 is 1. The molecule has 27 heavy (non-hydrogen) atoms. The van der Waals surface area contributed by atoms with E-state index in [1.807, 2.05) is 32.0 Å². The van der Waals surface area contributed by atoms with Gasteiger partial charge in [0.15, 0.2) is 11.5 Å². The first-order valence-corrected chi connectivity index (χ1v) is 9.58. The second-order valence-electron chi connectivity index (χ2n) is 7.17. The van der Waals surface area contributed by atoms with Gasteiger partial charge in [0.1, 0.15) is 6.04 Å². The third kappa shape index (κ3) is 5.50. The number of hydrogen-bond acceptors (Lipinski definition) is 5. The Morgan fingerprint density at radius 1 is 1.30 bits per heavy atom. The maximum Gasteiger partial charge on any atom is 0.240 e. The maximum absolute atomic E-state index is 12.5. The Kier molecular flexibility index (Phi) is 8.20. The van der Waals surface area contributed by atoms with Gasteiger partial charge < -0.3 is 24.8 Å². The fourth-order valence-corrected chi connectivity index (χ4v) is 3.65. The number of ether oxygens (including phenoxy) is 3. The number of hydrogen-bond donors (Lipinski definition) is 2. The number of morpholine rings is 1. The summed E-state index contributed by atoms with van der Waals surface area (Å²) in [6, 6.07) is 5.43. The Morgan fingerprint density at radius 2 is 2.04 bits per heavy atom. The minimum absolute atomic E-state index is 0. The second kappa shape index (κ2) is 10.2. The molecule has 1 aliphatic carbocycles. The van der Waals surface area contributed by atoms with E-state index in [9.17, 15) is 4.79 Å². The van der Waals surface area contributed by atoms with Crippen LogP contribution in [0.25, 0.3) is 0 Å². The average molecular weight is 399 g/mol. The van der Waals surface area contributed by atoms with Gasteiger partial charge in [0.25, 0.3) is 0 Å². The van der Waals surface area contributed by atoms with Crippen LogP contribution in [-0.4, -0.2) is 44.4 Å². The van der Waals surface area contributed by atoms with Crippen LogP contribution < -0.4 is 20.1 Å². The monoisotopic (exact) mass is 398 g/mol. The van der Waals surface area contributed by atoms with E-state index >= 15 is 0 Å². The van der Waals surface area contributed by atoms with Gasteiger partial charge in [-0.25, -0.2) is 0 Å². The van der Waals surface area contributed by atoms with Crippen LogP contribution in [0.1, 0.15) is 51.1 Å². The summed E-state index contributed by atoms with van der Waals surface area (Å²) >= 11 is 0. The predicted octanol–water partition coefficient (Wildman–Crippen LogP) is 2.99. The number of rotatable bonds is 6. The SMILES string of the molecule is COc1cc(C(C)NC(=O)[C@H]2NCCO[C@@H]2C)ccc1OC1CCCC1.Cl. The van der Waals surface area contributed by atoms with Crippen molar-refractivity contribution in [3.05, 3.63) is 23.8 Å². The summed E-state index contributed by atoms with van der Waals surface area (Å²) in [6.45, 7) is 5.22. The molecule has 2 fully saturated rings. The molecule has 1 unspecified atom stereocenters. The number of amides is 1. The molecule has 7 heteroatoms. The first-order chi connectivity index (χ1) is 12.6. The molecule has 1 amide bonds. The van der Waals surface area contributed by atoms with Gasteiger partial charge in [0, 0.05) is 6.54 Å². The van der Waals surface area contributed by atoms with Gasteiger partial charge in [0.2, 0.25) is 5.91 Å². The molecule has 0 bridgehead atoms. The highest BCUT2D eigenvalue weighted by atomic mass is 35.5. The van der Waals surface area contributed by atoms with Gasteiger partial charge in [-0.15, -0.1) is 12.4 Å². The van der Waals surface area contributed by atoms with Gasteiger partial charge in [0.05, 0.1) is 32.0 Å². The molecule has 1 heterocycles. The quantitative estimate of drug-likeness (QED) is 0.771. The zero-order chi connectivity index (χ0) is 18.5. The standard InChI is InChI=1S/C20H30N2O4.ClH/c1-13(22-20(23)19-14(2)25-11-10-21-19)15-8-9-17(18(12-15)24-3)26-16-6-4-5-7-16;/h8-9,12-14,16,19,21H,4-7,10-11H2,1-3H3,(H,22,23);1H/t13?,14-,19+;/m1./s1. The molecule has 2 N–H and O–H groups in total.